The number of nitrogens with zero attached hydrogens (tertiary/aromatic N) is 6. The summed E-state index contributed by atoms with van der Waals surface area (Å²) in [5.74, 6) is -1.01. The van der Waals surface area contributed by atoms with Crippen molar-refractivity contribution in [2.24, 2.45) is 0 Å². The number of para-hydroxylation sites is 2. The van der Waals surface area contributed by atoms with Crippen LogP contribution in [0.5, 0.6) is 0 Å². The van der Waals surface area contributed by atoms with Gasteiger partial charge in [-0.25, -0.2) is 14.6 Å². The molecule has 1 N–H and O–H groups in total. The van der Waals surface area contributed by atoms with Gasteiger partial charge in [-0.15, -0.1) is 5.10 Å². The van der Waals surface area contributed by atoms with E-state index < -0.39 is 5.97 Å². The summed E-state index contributed by atoms with van der Waals surface area (Å²) in [6.07, 6.45) is 0. The molecule has 0 spiro atoms. The third-order valence-electron chi connectivity index (χ3n) is 2.67. The fourth-order valence-electron chi connectivity index (χ4n) is 1.75. The van der Waals surface area contributed by atoms with Crippen LogP contribution in [0, 0.1) is 6.92 Å². The molecule has 2 aromatic heterocycles. The van der Waals surface area contributed by atoms with Gasteiger partial charge in [0.2, 0.25) is 5.16 Å². The van der Waals surface area contributed by atoms with E-state index in [2.05, 4.69) is 25.5 Å². The first-order chi connectivity index (χ1) is 10.1. The predicted molar refractivity (Wildman–Crippen MR) is 73.9 cm³/mol. The minimum atomic E-state index is -1.01. The number of fused-ring (bicyclic) bond motifs is 1. The Kier molecular flexibility index (Phi) is 3.48. The average molecular weight is 302 g/mol. The molecule has 3 rings (SSSR count). The zero-order chi connectivity index (χ0) is 14.8. The molecular formula is C12H10N6O2S. The first kappa shape index (κ1) is 13.4. The minimum absolute atomic E-state index is 0.296. The molecule has 0 fully saturated rings. The van der Waals surface area contributed by atoms with E-state index in [0.29, 0.717) is 10.2 Å². The van der Waals surface area contributed by atoms with Crippen molar-refractivity contribution < 1.29 is 9.90 Å². The van der Waals surface area contributed by atoms with Crippen LogP contribution in [0.15, 0.2) is 34.4 Å². The van der Waals surface area contributed by atoms with Gasteiger partial charge in [-0.3, -0.25) is 4.79 Å². The lowest BCUT2D eigenvalue weighted by atomic mass is 10.3. The number of carboxylic acid groups (broad SMARTS) is 1. The number of aliphatic carboxylic acids is 1. The Morgan fingerprint density at radius 2 is 2.00 bits per heavy atom. The maximum Gasteiger partial charge on any atom is 0.325 e. The third kappa shape index (κ3) is 2.82. The lowest BCUT2D eigenvalue weighted by Crippen LogP contribution is -2.11. The van der Waals surface area contributed by atoms with Gasteiger partial charge in [0, 0.05) is 0 Å². The van der Waals surface area contributed by atoms with Crippen molar-refractivity contribution in [3.63, 3.8) is 0 Å². The largest absolute Gasteiger partial charge is 0.480 e. The highest BCUT2D eigenvalue weighted by molar-refractivity contribution is 7.99. The van der Waals surface area contributed by atoms with Crippen LogP contribution in [-0.2, 0) is 11.3 Å². The van der Waals surface area contributed by atoms with E-state index >= 15 is 0 Å². The van der Waals surface area contributed by atoms with E-state index in [-0.39, 0.29) is 6.54 Å². The van der Waals surface area contributed by atoms with Crippen molar-refractivity contribution in [3.8, 4) is 0 Å². The van der Waals surface area contributed by atoms with E-state index in [0.717, 1.165) is 16.7 Å². The Balaban J connectivity index is 1.96. The molecule has 21 heavy (non-hydrogen) atoms. The fourth-order valence-corrected chi connectivity index (χ4v) is 2.55. The number of carbonyl (C=O) groups is 1. The number of hydrogen-bond acceptors (Lipinski definition) is 7. The van der Waals surface area contributed by atoms with Gasteiger partial charge in [0.05, 0.1) is 16.7 Å². The number of tetrazole rings is 1. The summed E-state index contributed by atoms with van der Waals surface area (Å²) < 4.78 is 1.21. The molecule has 0 aliphatic heterocycles. The Morgan fingerprint density at radius 1 is 1.29 bits per heavy atom. The maximum atomic E-state index is 10.8. The normalized spacial score (nSPS) is 10.9. The zero-order valence-corrected chi connectivity index (χ0v) is 11.8. The number of aryl methyl sites for hydroxylation is 1. The van der Waals surface area contributed by atoms with Crippen LogP contribution >= 0.6 is 11.8 Å². The first-order valence-corrected chi connectivity index (χ1v) is 6.84. The van der Waals surface area contributed by atoms with Crippen molar-refractivity contribution in [1.29, 1.82) is 0 Å². The molecule has 9 heteroatoms. The summed E-state index contributed by atoms with van der Waals surface area (Å²) in [7, 11) is 0. The Labute approximate surface area is 123 Å². The second kappa shape index (κ2) is 5.44. The zero-order valence-electron chi connectivity index (χ0n) is 11.0. The first-order valence-electron chi connectivity index (χ1n) is 6.02. The van der Waals surface area contributed by atoms with Crippen LogP contribution in [-0.4, -0.2) is 41.3 Å². The highest BCUT2D eigenvalue weighted by Crippen LogP contribution is 2.27. The predicted octanol–water partition coefficient (Wildman–Crippen LogP) is 1.16. The quantitative estimate of drug-likeness (QED) is 0.765. The second-order valence-corrected chi connectivity index (χ2v) is 5.17. The average Bonchev–Trinajstić information content (AvgIpc) is 2.86. The molecule has 0 aliphatic rings. The highest BCUT2D eigenvalue weighted by Gasteiger charge is 2.14. The molecule has 0 amide bonds. The molecule has 0 unspecified atom stereocenters. The minimum Gasteiger partial charge on any atom is -0.480 e. The van der Waals surface area contributed by atoms with Crippen LogP contribution < -0.4 is 0 Å². The van der Waals surface area contributed by atoms with Crippen molar-refractivity contribution in [2.75, 3.05) is 0 Å². The number of carboxylic acids is 1. The molecule has 3 aromatic rings. The Morgan fingerprint density at radius 3 is 2.71 bits per heavy atom. The van der Waals surface area contributed by atoms with E-state index in [1.807, 2.05) is 31.2 Å². The van der Waals surface area contributed by atoms with Gasteiger partial charge >= 0.3 is 5.97 Å². The van der Waals surface area contributed by atoms with Gasteiger partial charge in [-0.1, -0.05) is 12.1 Å². The molecule has 106 valence electrons. The number of benzene rings is 1. The van der Waals surface area contributed by atoms with E-state index in [4.69, 9.17) is 5.11 Å². The molecule has 0 saturated carbocycles. The van der Waals surface area contributed by atoms with Gasteiger partial charge < -0.3 is 5.11 Å². The summed E-state index contributed by atoms with van der Waals surface area (Å²) in [5.41, 5.74) is 2.32. The summed E-state index contributed by atoms with van der Waals surface area (Å²) in [4.78, 5) is 19.7. The Hall–Kier alpha value is -2.55. The van der Waals surface area contributed by atoms with Crippen LogP contribution in [0.2, 0.25) is 0 Å². The standard InChI is InChI=1S/C12H10N6O2S/c1-7-11(14-9-5-3-2-4-8(9)13-7)21-12-15-16-17-18(12)6-10(19)20/h2-5H,6H2,1H3,(H,19,20). The van der Waals surface area contributed by atoms with Gasteiger partial charge in [0.15, 0.2) is 0 Å². The number of hydrogen-bond donors (Lipinski definition) is 1. The smallest absolute Gasteiger partial charge is 0.325 e. The maximum absolute atomic E-state index is 10.8. The van der Waals surface area contributed by atoms with Crippen molar-refractivity contribution >= 4 is 28.8 Å². The molecular weight excluding hydrogens is 292 g/mol. The molecule has 8 nitrogen and oxygen atoms in total. The fraction of sp³-hybridized carbons (Fsp3) is 0.167. The SMILES string of the molecule is Cc1nc2ccccc2nc1Sc1nnnn1CC(=O)O. The van der Waals surface area contributed by atoms with Crippen LogP contribution in [0.25, 0.3) is 11.0 Å². The van der Waals surface area contributed by atoms with Gasteiger partial charge in [-0.2, -0.15) is 0 Å². The molecule has 0 saturated heterocycles. The van der Waals surface area contributed by atoms with E-state index in [9.17, 15) is 4.79 Å². The lowest BCUT2D eigenvalue weighted by molar-refractivity contribution is -0.138. The summed E-state index contributed by atoms with van der Waals surface area (Å²) in [5, 5.41) is 20.8. The van der Waals surface area contributed by atoms with Crippen LogP contribution in [0.3, 0.4) is 0 Å². The van der Waals surface area contributed by atoms with Gasteiger partial charge in [0.1, 0.15) is 11.6 Å². The third-order valence-corrected chi connectivity index (χ3v) is 3.73. The topological polar surface area (TPSA) is 107 Å². The molecule has 0 aliphatic carbocycles. The van der Waals surface area contributed by atoms with E-state index in [1.54, 1.807) is 0 Å². The molecule has 2 heterocycles. The summed E-state index contributed by atoms with van der Waals surface area (Å²) >= 11 is 1.19. The summed E-state index contributed by atoms with van der Waals surface area (Å²) in [6.45, 7) is 1.54. The van der Waals surface area contributed by atoms with Gasteiger partial charge in [-0.05, 0) is 41.2 Å². The molecule has 0 radical (unpaired) electrons. The number of aromatic nitrogens is 6. The highest BCUT2D eigenvalue weighted by atomic mass is 32.2. The molecule has 0 bridgehead atoms. The monoisotopic (exact) mass is 302 g/mol. The Bertz CT molecular complexity index is 818. The van der Waals surface area contributed by atoms with Crippen LogP contribution in [0.4, 0.5) is 0 Å². The van der Waals surface area contributed by atoms with Crippen molar-refractivity contribution in [3.05, 3.63) is 30.0 Å². The molecule has 0 atom stereocenters. The lowest BCUT2D eigenvalue weighted by Gasteiger charge is -2.05. The molecule has 1 aromatic carbocycles. The van der Waals surface area contributed by atoms with E-state index in [1.165, 1.54) is 16.4 Å². The summed E-state index contributed by atoms with van der Waals surface area (Å²) in [6, 6.07) is 7.54. The van der Waals surface area contributed by atoms with Crippen molar-refractivity contribution in [1.82, 2.24) is 30.2 Å². The second-order valence-electron chi connectivity index (χ2n) is 4.22. The number of rotatable bonds is 4. The van der Waals surface area contributed by atoms with Gasteiger partial charge in [0.25, 0.3) is 0 Å². The van der Waals surface area contributed by atoms with Crippen molar-refractivity contribution in [2.45, 2.75) is 23.7 Å². The van der Waals surface area contributed by atoms with Crippen LogP contribution in [0.1, 0.15) is 5.69 Å².